The van der Waals surface area contributed by atoms with Gasteiger partial charge in [-0.05, 0) is 31.8 Å². The fraction of sp³-hybridized carbons (Fsp3) is 0.750. The lowest BCUT2D eigenvalue weighted by atomic mass is 9.99. The van der Waals surface area contributed by atoms with Crippen molar-refractivity contribution in [2.45, 2.75) is 38.4 Å². The molecule has 2 aliphatic rings. The first kappa shape index (κ1) is 10.8. The first-order valence-corrected chi connectivity index (χ1v) is 5.67. The maximum atomic E-state index is 11.0. The maximum absolute atomic E-state index is 11.0. The van der Waals surface area contributed by atoms with Gasteiger partial charge in [0, 0.05) is 12.8 Å². The molecule has 1 fully saturated rings. The van der Waals surface area contributed by atoms with Gasteiger partial charge in [0.05, 0.1) is 13.2 Å². The molecule has 1 aliphatic heterocycles. The van der Waals surface area contributed by atoms with Gasteiger partial charge in [0.25, 0.3) is 0 Å². The fourth-order valence-corrected chi connectivity index (χ4v) is 2.22. The van der Waals surface area contributed by atoms with Gasteiger partial charge in [-0.15, -0.1) is 0 Å². The predicted molar refractivity (Wildman–Crippen MR) is 56.4 cm³/mol. The van der Waals surface area contributed by atoms with Gasteiger partial charge in [-0.2, -0.15) is 0 Å². The van der Waals surface area contributed by atoms with Crippen molar-refractivity contribution in [3.8, 4) is 0 Å². The van der Waals surface area contributed by atoms with E-state index in [0.29, 0.717) is 25.6 Å². The monoisotopic (exact) mass is 210 g/mol. The van der Waals surface area contributed by atoms with E-state index in [1.807, 2.05) is 13.0 Å². The second kappa shape index (κ2) is 4.45. The van der Waals surface area contributed by atoms with Crippen LogP contribution in [0.3, 0.4) is 0 Å². The Morgan fingerprint density at radius 3 is 2.80 bits per heavy atom. The lowest BCUT2D eigenvalue weighted by Gasteiger charge is -2.22. The van der Waals surface area contributed by atoms with Gasteiger partial charge in [0.15, 0.2) is 11.6 Å². The second-order valence-corrected chi connectivity index (χ2v) is 4.51. The van der Waals surface area contributed by atoms with Crippen molar-refractivity contribution >= 4 is 5.78 Å². The summed E-state index contributed by atoms with van der Waals surface area (Å²) >= 11 is 0. The summed E-state index contributed by atoms with van der Waals surface area (Å²) in [5.74, 6) is 0.342. The van der Waals surface area contributed by atoms with Crippen molar-refractivity contribution in [2.75, 3.05) is 13.2 Å². The van der Waals surface area contributed by atoms with Crippen LogP contribution in [0.15, 0.2) is 12.2 Å². The van der Waals surface area contributed by atoms with Crippen LogP contribution >= 0.6 is 0 Å². The van der Waals surface area contributed by atoms with Crippen LogP contribution in [0, 0.1) is 5.92 Å². The molecule has 0 spiro atoms. The average Bonchev–Trinajstić information content (AvgIpc) is 2.76. The maximum Gasteiger partial charge on any atom is 0.165 e. The van der Waals surface area contributed by atoms with E-state index in [1.165, 1.54) is 0 Å². The van der Waals surface area contributed by atoms with Gasteiger partial charge in [0.2, 0.25) is 0 Å². The van der Waals surface area contributed by atoms with Crippen LogP contribution < -0.4 is 0 Å². The Balaban J connectivity index is 1.66. The molecule has 3 heteroatoms. The molecule has 0 unspecified atom stereocenters. The van der Waals surface area contributed by atoms with E-state index in [2.05, 4.69) is 0 Å². The van der Waals surface area contributed by atoms with E-state index in [0.717, 1.165) is 19.3 Å². The van der Waals surface area contributed by atoms with Gasteiger partial charge in [-0.1, -0.05) is 6.08 Å². The van der Waals surface area contributed by atoms with Gasteiger partial charge in [-0.3, -0.25) is 4.79 Å². The minimum Gasteiger partial charge on any atom is -0.348 e. The molecule has 0 amide bonds. The summed E-state index contributed by atoms with van der Waals surface area (Å²) in [5, 5.41) is 0. The van der Waals surface area contributed by atoms with Crippen molar-refractivity contribution in [1.82, 2.24) is 0 Å². The highest BCUT2D eigenvalue weighted by molar-refractivity contribution is 5.92. The molecule has 2 rings (SSSR count). The molecule has 1 aliphatic carbocycles. The van der Waals surface area contributed by atoms with Crippen LogP contribution in [0.25, 0.3) is 0 Å². The minimum atomic E-state index is -0.369. The highest BCUT2D eigenvalue weighted by atomic mass is 16.7. The highest BCUT2D eigenvalue weighted by Gasteiger charge is 2.30. The van der Waals surface area contributed by atoms with Crippen molar-refractivity contribution in [3.63, 3.8) is 0 Å². The van der Waals surface area contributed by atoms with E-state index >= 15 is 0 Å². The number of allylic oxidation sites excluding steroid dienone is 2. The van der Waals surface area contributed by atoms with E-state index in [4.69, 9.17) is 9.47 Å². The number of ketones is 1. The number of carbonyl (C=O) groups is 1. The Hall–Kier alpha value is -0.670. The average molecular weight is 210 g/mol. The first-order valence-electron chi connectivity index (χ1n) is 5.67. The third-order valence-electron chi connectivity index (χ3n) is 3.12. The Kier molecular flexibility index (Phi) is 3.22. The molecule has 1 atom stereocenters. The Bertz CT molecular complexity index is 264. The first-order chi connectivity index (χ1) is 7.18. The van der Waals surface area contributed by atoms with Crippen LogP contribution in [-0.2, 0) is 14.3 Å². The fourth-order valence-electron chi connectivity index (χ4n) is 2.22. The molecule has 0 radical (unpaired) electrons. The van der Waals surface area contributed by atoms with Gasteiger partial charge in [-0.25, -0.2) is 0 Å². The van der Waals surface area contributed by atoms with Gasteiger partial charge in [0.1, 0.15) is 0 Å². The summed E-state index contributed by atoms with van der Waals surface area (Å²) in [6.45, 7) is 3.41. The summed E-state index contributed by atoms with van der Waals surface area (Å²) in [4.78, 5) is 11.0. The van der Waals surface area contributed by atoms with Crippen LogP contribution in [-0.4, -0.2) is 24.8 Å². The molecule has 0 bridgehead atoms. The molecule has 0 aromatic carbocycles. The molecule has 0 aromatic rings. The van der Waals surface area contributed by atoms with E-state index in [-0.39, 0.29) is 11.6 Å². The topological polar surface area (TPSA) is 35.5 Å². The summed E-state index contributed by atoms with van der Waals surface area (Å²) in [7, 11) is 0. The SMILES string of the molecule is CC1(CCC[C@H]2C=CC(=O)C2)OCCO1. The third-order valence-corrected chi connectivity index (χ3v) is 3.12. The van der Waals surface area contributed by atoms with Gasteiger partial charge >= 0.3 is 0 Å². The van der Waals surface area contributed by atoms with Crippen molar-refractivity contribution in [2.24, 2.45) is 5.92 Å². The summed E-state index contributed by atoms with van der Waals surface area (Å²) < 4.78 is 11.0. The summed E-state index contributed by atoms with van der Waals surface area (Å²) in [6.07, 6.45) is 7.46. The summed E-state index contributed by atoms with van der Waals surface area (Å²) in [5.41, 5.74) is 0. The molecule has 1 saturated heterocycles. The van der Waals surface area contributed by atoms with Crippen LogP contribution in [0.1, 0.15) is 32.6 Å². The quantitative estimate of drug-likeness (QED) is 0.712. The largest absolute Gasteiger partial charge is 0.348 e. The lowest BCUT2D eigenvalue weighted by molar-refractivity contribution is -0.147. The van der Waals surface area contributed by atoms with Crippen LogP contribution in [0.4, 0.5) is 0 Å². The number of carbonyl (C=O) groups excluding carboxylic acids is 1. The molecule has 1 heterocycles. The zero-order valence-corrected chi connectivity index (χ0v) is 9.20. The molecule has 84 valence electrons. The molecule has 0 aromatic heterocycles. The standard InChI is InChI=1S/C12H18O3/c1-12(14-7-8-15-12)6-2-3-10-4-5-11(13)9-10/h4-5,10H,2-3,6-9H2,1H3/t10-/m0/s1. The molecular formula is C12H18O3. The Morgan fingerprint density at radius 2 is 2.20 bits per heavy atom. The Labute approximate surface area is 90.4 Å². The number of ether oxygens (including phenoxy) is 2. The van der Waals surface area contributed by atoms with Crippen LogP contribution in [0.2, 0.25) is 0 Å². The van der Waals surface area contributed by atoms with Gasteiger partial charge < -0.3 is 9.47 Å². The minimum absolute atomic E-state index is 0.263. The van der Waals surface area contributed by atoms with E-state index in [9.17, 15) is 4.79 Å². The zero-order valence-electron chi connectivity index (χ0n) is 9.20. The molecule has 0 saturated carbocycles. The molecule has 0 N–H and O–H groups in total. The van der Waals surface area contributed by atoms with Crippen molar-refractivity contribution < 1.29 is 14.3 Å². The second-order valence-electron chi connectivity index (χ2n) is 4.51. The van der Waals surface area contributed by atoms with Crippen molar-refractivity contribution in [3.05, 3.63) is 12.2 Å². The number of hydrogen-bond acceptors (Lipinski definition) is 3. The van der Waals surface area contributed by atoms with E-state index < -0.39 is 0 Å². The smallest absolute Gasteiger partial charge is 0.165 e. The lowest BCUT2D eigenvalue weighted by Crippen LogP contribution is -2.25. The molecule has 3 nitrogen and oxygen atoms in total. The van der Waals surface area contributed by atoms with Crippen LogP contribution in [0.5, 0.6) is 0 Å². The summed E-state index contributed by atoms with van der Waals surface area (Å²) in [6, 6.07) is 0. The molecular weight excluding hydrogens is 192 g/mol. The number of hydrogen-bond donors (Lipinski definition) is 0. The van der Waals surface area contributed by atoms with E-state index in [1.54, 1.807) is 6.08 Å². The van der Waals surface area contributed by atoms with Crippen molar-refractivity contribution in [1.29, 1.82) is 0 Å². The highest BCUT2D eigenvalue weighted by Crippen LogP contribution is 2.27. The Morgan fingerprint density at radius 1 is 1.47 bits per heavy atom. The predicted octanol–water partition coefficient (Wildman–Crippen LogP) is 2.06. The normalized spacial score (nSPS) is 28.9. The molecule has 15 heavy (non-hydrogen) atoms. The number of rotatable bonds is 4. The third kappa shape index (κ3) is 2.89. The zero-order chi connectivity index (χ0) is 10.7.